The zero-order valence-corrected chi connectivity index (χ0v) is 16.9. The van der Waals surface area contributed by atoms with Crippen molar-refractivity contribution in [2.45, 2.75) is 19.5 Å². The first-order valence-corrected chi connectivity index (χ1v) is 10.1. The molecular formula is C20H18ClN3OS2. The molecule has 27 heavy (non-hydrogen) atoms. The van der Waals surface area contributed by atoms with E-state index in [4.69, 9.17) is 0 Å². The van der Waals surface area contributed by atoms with Gasteiger partial charge in [-0.3, -0.25) is 9.69 Å². The number of hydrogen-bond acceptors (Lipinski definition) is 5. The summed E-state index contributed by atoms with van der Waals surface area (Å²) < 4.78 is 0. The van der Waals surface area contributed by atoms with Crippen LogP contribution in [-0.2, 0) is 19.5 Å². The van der Waals surface area contributed by atoms with Crippen LogP contribution in [0.5, 0.6) is 0 Å². The van der Waals surface area contributed by atoms with Crippen molar-refractivity contribution in [2.75, 3.05) is 11.9 Å². The summed E-state index contributed by atoms with van der Waals surface area (Å²) >= 11 is 2.94. The Hall–Kier alpha value is -2.17. The number of anilines is 1. The van der Waals surface area contributed by atoms with Gasteiger partial charge in [0, 0.05) is 24.5 Å². The SMILES string of the molecule is Cl.N#Cc1c(NC(=O)c2cccs2)sc2c1CCN(Cc1ccccc1)C2. The molecule has 0 aliphatic carbocycles. The predicted octanol–water partition coefficient (Wildman–Crippen LogP) is 4.91. The Balaban J connectivity index is 0.00000210. The molecule has 0 bridgehead atoms. The van der Waals surface area contributed by atoms with Gasteiger partial charge in [0.1, 0.15) is 11.1 Å². The minimum absolute atomic E-state index is 0. The summed E-state index contributed by atoms with van der Waals surface area (Å²) in [7, 11) is 0. The molecule has 3 aromatic rings. The molecule has 1 N–H and O–H groups in total. The number of halogens is 1. The molecule has 0 fully saturated rings. The summed E-state index contributed by atoms with van der Waals surface area (Å²) in [6, 6.07) is 16.4. The Morgan fingerprint density at radius 3 is 2.74 bits per heavy atom. The summed E-state index contributed by atoms with van der Waals surface area (Å²) in [4.78, 5) is 16.6. The van der Waals surface area contributed by atoms with Crippen molar-refractivity contribution in [1.82, 2.24) is 4.90 Å². The lowest BCUT2D eigenvalue weighted by molar-refractivity contribution is 0.103. The largest absolute Gasteiger partial charge is 0.312 e. The van der Waals surface area contributed by atoms with Crippen LogP contribution in [-0.4, -0.2) is 17.4 Å². The van der Waals surface area contributed by atoms with Crippen molar-refractivity contribution >= 4 is 46.0 Å². The van der Waals surface area contributed by atoms with Gasteiger partial charge in [-0.15, -0.1) is 35.1 Å². The standard InChI is InChI=1S/C20H17N3OS2.ClH/c21-11-16-15-8-9-23(12-14-5-2-1-3-6-14)13-18(15)26-20(16)22-19(24)17-7-4-10-25-17;/h1-7,10H,8-9,12-13H2,(H,22,24);1H. The molecule has 1 aliphatic heterocycles. The summed E-state index contributed by atoms with van der Waals surface area (Å²) in [6.07, 6.45) is 0.844. The summed E-state index contributed by atoms with van der Waals surface area (Å²) in [5.74, 6) is -0.142. The molecule has 1 aliphatic rings. The molecular weight excluding hydrogens is 398 g/mol. The van der Waals surface area contributed by atoms with Crippen molar-refractivity contribution in [2.24, 2.45) is 0 Å². The molecule has 7 heteroatoms. The second kappa shape index (κ2) is 8.68. The van der Waals surface area contributed by atoms with Crippen LogP contribution in [0, 0.1) is 11.3 Å². The number of nitriles is 1. The fourth-order valence-corrected chi connectivity index (χ4v) is 5.07. The van der Waals surface area contributed by atoms with Crippen LogP contribution in [0.3, 0.4) is 0 Å². The Morgan fingerprint density at radius 1 is 1.22 bits per heavy atom. The van der Waals surface area contributed by atoms with Crippen LogP contribution in [0.1, 0.15) is 31.2 Å². The van der Waals surface area contributed by atoms with Gasteiger partial charge in [0.05, 0.1) is 10.4 Å². The molecule has 0 saturated carbocycles. The van der Waals surface area contributed by atoms with Gasteiger partial charge in [0.25, 0.3) is 5.91 Å². The first-order chi connectivity index (χ1) is 12.7. The van der Waals surface area contributed by atoms with E-state index in [1.807, 2.05) is 17.5 Å². The van der Waals surface area contributed by atoms with E-state index < -0.39 is 0 Å². The second-order valence-electron chi connectivity index (χ2n) is 6.20. The van der Waals surface area contributed by atoms with Gasteiger partial charge in [0.2, 0.25) is 0 Å². The van der Waals surface area contributed by atoms with Crippen LogP contribution < -0.4 is 5.32 Å². The van der Waals surface area contributed by atoms with Crippen LogP contribution in [0.15, 0.2) is 47.8 Å². The highest BCUT2D eigenvalue weighted by atomic mass is 35.5. The minimum atomic E-state index is -0.142. The summed E-state index contributed by atoms with van der Waals surface area (Å²) in [5.41, 5.74) is 3.02. The van der Waals surface area contributed by atoms with Gasteiger partial charge in [0.15, 0.2) is 0 Å². The van der Waals surface area contributed by atoms with Crippen LogP contribution in [0.4, 0.5) is 5.00 Å². The third-order valence-corrected chi connectivity index (χ3v) is 6.47. The number of nitrogens with one attached hydrogen (secondary N) is 1. The van der Waals surface area contributed by atoms with Gasteiger partial charge in [-0.25, -0.2) is 0 Å². The minimum Gasteiger partial charge on any atom is -0.312 e. The fraction of sp³-hybridized carbons (Fsp3) is 0.200. The molecule has 3 heterocycles. The quantitative estimate of drug-likeness (QED) is 0.658. The van der Waals surface area contributed by atoms with Crippen molar-refractivity contribution in [1.29, 1.82) is 5.26 Å². The molecule has 0 radical (unpaired) electrons. The number of hydrogen-bond donors (Lipinski definition) is 1. The van der Waals surface area contributed by atoms with E-state index in [-0.39, 0.29) is 18.3 Å². The molecule has 2 aromatic heterocycles. The zero-order valence-electron chi connectivity index (χ0n) is 14.5. The highest BCUT2D eigenvalue weighted by molar-refractivity contribution is 7.17. The number of thiophene rings is 2. The topological polar surface area (TPSA) is 56.1 Å². The van der Waals surface area contributed by atoms with E-state index in [2.05, 4.69) is 40.6 Å². The fourth-order valence-electron chi connectivity index (χ4n) is 3.21. The maximum atomic E-state index is 12.3. The molecule has 1 amide bonds. The third-order valence-electron chi connectivity index (χ3n) is 4.47. The van der Waals surface area contributed by atoms with Crippen LogP contribution in [0.25, 0.3) is 0 Å². The lowest BCUT2D eigenvalue weighted by Gasteiger charge is -2.26. The maximum absolute atomic E-state index is 12.3. The van der Waals surface area contributed by atoms with Crippen molar-refractivity contribution in [3.63, 3.8) is 0 Å². The Kier molecular flexibility index (Phi) is 6.30. The molecule has 0 spiro atoms. The van der Waals surface area contributed by atoms with E-state index in [0.717, 1.165) is 31.6 Å². The lowest BCUT2D eigenvalue weighted by atomic mass is 10.0. The van der Waals surface area contributed by atoms with Crippen LogP contribution in [0.2, 0.25) is 0 Å². The van der Waals surface area contributed by atoms with E-state index in [0.29, 0.717) is 15.4 Å². The van der Waals surface area contributed by atoms with E-state index in [1.165, 1.54) is 33.1 Å². The number of rotatable bonds is 4. The number of benzene rings is 1. The summed E-state index contributed by atoms with van der Waals surface area (Å²) in [5, 5.41) is 15.1. The van der Waals surface area contributed by atoms with E-state index in [1.54, 1.807) is 6.07 Å². The van der Waals surface area contributed by atoms with Crippen molar-refractivity contribution < 1.29 is 4.79 Å². The molecule has 1 aromatic carbocycles. The highest BCUT2D eigenvalue weighted by Crippen LogP contribution is 2.37. The van der Waals surface area contributed by atoms with Gasteiger partial charge in [-0.1, -0.05) is 36.4 Å². The first kappa shape index (κ1) is 19.6. The first-order valence-electron chi connectivity index (χ1n) is 8.40. The number of amides is 1. The monoisotopic (exact) mass is 415 g/mol. The average Bonchev–Trinajstić information content (AvgIpc) is 3.29. The Labute approximate surface area is 172 Å². The molecule has 0 atom stereocenters. The number of carbonyl (C=O) groups is 1. The molecule has 4 nitrogen and oxygen atoms in total. The van der Waals surface area contributed by atoms with Gasteiger partial charge in [-0.05, 0) is 29.0 Å². The Bertz CT molecular complexity index is 961. The van der Waals surface area contributed by atoms with Gasteiger partial charge in [-0.2, -0.15) is 5.26 Å². The number of nitrogens with zero attached hydrogens (tertiary/aromatic N) is 2. The summed E-state index contributed by atoms with van der Waals surface area (Å²) in [6.45, 7) is 2.64. The van der Waals surface area contributed by atoms with Gasteiger partial charge >= 0.3 is 0 Å². The maximum Gasteiger partial charge on any atom is 0.266 e. The molecule has 0 unspecified atom stereocenters. The van der Waals surface area contributed by atoms with Crippen LogP contribution >= 0.6 is 35.1 Å². The number of fused-ring (bicyclic) bond motifs is 1. The normalized spacial score (nSPS) is 13.3. The highest BCUT2D eigenvalue weighted by Gasteiger charge is 2.25. The third kappa shape index (κ3) is 4.23. The predicted molar refractivity (Wildman–Crippen MR) is 113 cm³/mol. The van der Waals surface area contributed by atoms with Gasteiger partial charge < -0.3 is 5.32 Å². The lowest BCUT2D eigenvalue weighted by Crippen LogP contribution is -2.29. The van der Waals surface area contributed by atoms with E-state index in [9.17, 15) is 10.1 Å². The van der Waals surface area contributed by atoms with Crippen molar-refractivity contribution in [3.05, 3.63) is 74.3 Å². The van der Waals surface area contributed by atoms with E-state index >= 15 is 0 Å². The number of carbonyl (C=O) groups excluding carboxylic acids is 1. The molecule has 138 valence electrons. The smallest absolute Gasteiger partial charge is 0.266 e. The second-order valence-corrected chi connectivity index (χ2v) is 8.25. The molecule has 4 rings (SSSR count). The Morgan fingerprint density at radius 2 is 2.04 bits per heavy atom. The van der Waals surface area contributed by atoms with Crippen molar-refractivity contribution in [3.8, 4) is 6.07 Å². The molecule has 0 saturated heterocycles. The zero-order chi connectivity index (χ0) is 17.9. The average molecular weight is 416 g/mol.